The van der Waals surface area contributed by atoms with Gasteiger partial charge in [-0.2, -0.15) is 8.78 Å². The first kappa shape index (κ1) is 17.4. The van der Waals surface area contributed by atoms with Crippen LogP contribution >= 0.6 is 23.1 Å². The number of thioether (sulfide) groups is 1. The number of anilines is 1. The minimum Gasteiger partial charge on any atom is -0.298 e. The predicted octanol–water partition coefficient (Wildman–Crippen LogP) is 4.91. The number of pyridine rings is 1. The fraction of sp³-hybridized carbons (Fsp3) is 0.0625. The van der Waals surface area contributed by atoms with E-state index in [9.17, 15) is 18.0 Å². The molecule has 0 radical (unpaired) electrons. The number of aromatic nitrogens is 2. The second-order valence-corrected chi connectivity index (χ2v) is 6.57. The number of thiazole rings is 1. The number of hydrogen-bond acceptors (Lipinski definition) is 5. The Morgan fingerprint density at radius 1 is 1.24 bits per heavy atom. The van der Waals surface area contributed by atoms with Crippen LogP contribution in [0.2, 0.25) is 0 Å². The highest BCUT2D eigenvalue weighted by molar-refractivity contribution is 7.99. The first-order valence-electron chi connectivity index (χ1n) is 6.95. The molecule has 25 heavy (non-hydrogen) atoms. The summed E-state index contributed by atoms with van der Waals surface area (Å²) in [5.41, 5.74) is 1.12. The van der Waals surface area contributed by atoms with Crippen LogP contribution in [0.5, 0.6) is 0 Å². The Labute approximate surface area is 149 Å². The molecule has 128 valence electrons. The Bertz CT molecular complexity index is 902. The topological polar surface area (TPSA) is 54.9 Å². The number of nitrogens with one attached hydrogen (secondary N) is 1. The van der Waals surface area contributed by atoms with Gasteiger partial charge in [0.25, 0.3) is 11.7 Å². The van der Waals surface area contributed by atoms with Gasteiger partial charge >= 0.3 is 0 Å². The van der Waals surface area contributed by atoms with Crippen LogP contribution in [0.25, 0.3) is 11.3 Å². The van der Waals surface area contributed by atoms with Crippen LogP contribution < -0.4 is 5.32 Å². The fourth-order valence-corrected chi connectivity index (χ4v) is 3.31. The third kappa shape index (κ3) is 4.37. The second kappa shape index (κ2) is 7.66. The summed E-state index contributed by atoms with van der Waals surface area (Å²) in [6.45, 7) is 0. The average Bonchev–Trinajstić information content (AvgIpc) is 3.03. The van der Waals surface area contributed by atoms with E-state index in [2.05, 4.69) is 15.3 Å². The smallest absolute Gasteiger partial charge is 0.290 e. The molecule has 2 heterocycles. The van der Waals surface area contributed by atoms with Crippen LogP contribution in [0.4, 0.5) is 18.3 Å². The number of rotatable bonds is 5. The number of hydrogen-bond donors (Lipinski definition) is 1. The van der Waals surface area contributed by atoms with Gasteiger partial charge in [-0.05, 0) is 36.0 Å². The first-order valence-corrected chi connectivity index (χ1v) is 8.71. The highest BCUT2D eigenvalue weighted by atomic mass is 32.2. The molecular weight excluding hydrogens is 371 g/mol. The van der Waals surface area contributed by atoms with Crippen LogP contribution in [0.3, 0.4) is 0 Å². The summed E-state index contributed by atoms with van der Waals surface area (Å²) in [6.07, 6.45) is 1.34. The van der Waals surface area contributed by atoms with E-state index in [1.165, 1.54) is 30.5 Å². The van der Waals surface area contributed by atoms with E-state index in [-0.39, 0.29) is 33.3 Å². The van der Waals surface area contributed by atoms with Gasteiger partial charge in [-0.25, -0.2) is 14.4 Å². The van der Waals surface area contributed by atoms with Crippen molar-refractivity contribution >= 4 is 34.1 Å². The normalized spacial score (nSPS) is 10.9. The summed E-state index contributed by atoms with van der Waals surface area (Å²) < 4.78 is 38.4. The van der Waals surface area contributed by atoms with Crippen molar-refractivity contribution in [1.29, 1.82) is 0 Å². The minimum atomic E-state index is -2.68. The zero-order chi connectivity index (χ0) is 17.8. The quantitative estimate of drug-likeness (QED) is 0.638. The molecule has 1 amide bonds. The average molecular weight is 381 g/mol. The summed E-state index contributed by atoms with van der Waals surface area (Å²) in [4.78, 5) is 20.3. The van der Waals surface area contributed by atoms with Crippen molar-refractivity contribution in [3.63, 3.8) is 0 Å². The van der Waals surface area contributed by atoms with E-state index in [0.29, 0.717) is 11.3 Å². The molecule has 0 aliphatic rings. The standard InChI is InChI=1S/C16H10F3N3OS2/c17-10-4-1-3-9(7-10)12-8-24-16(21-12)22-13(23)11-5-2-6-20-14(11)25-15(18)19/h1-8,15H,(H,21,22,23). The molecule has 4 nitrogen and oxygen atoms in total. The molecule has 0 fully saturated rings. The van der Waals surface area contributed by atoms with Crippen molar-refractivity contribution < 1.29 is 18.0 Å². The summed E-state index contributed by atoms with van der Waals surface area (Å²) in [7, 11) is 0. The largest absolute Gasteiger partial charge is 0.298 e. The summed E-state index contributed by atoms with van der Waals surface area (Å²) in [6, 6.07) is 8.81. The van der Waals surface area contributed by atoms with Gasteiger partial charge < -0.3 is 0 Å². The van der Waals surface area contributed by atoms with Crippen LogP contribution in [0.1, 0.15) is 10.4 Å². The second-order valence-electron chi connectivity index (χ2n) is 4.74. The third-order valence-electron chi connectivity index (χ3n) is 3.06. The maximum Gasteiger partial charge on any atom is 0.290 e. The fourth-order valence-electron chi connectivity index (χ4n) is 2.02. The van der Waals surface area contributed by atoms with Crippen LogP contribution in [0, 0.1) is 5.82 Å². The Morgan fingerprint density at radius 3 is 2.84 bits per heavy atom. The van der Waals surface area contributed by atoms with Crippen molar-refractivity contribution in [3.05, 3.63) is 59.4 Å². The van der Waals surface area contributed by atoms with E-state index in [1.807, 2.05) is 0 Å². The molecule has 1 aromatic carbocycles. The molecule has 0 saturated carbocycles. The van der Waals surface area contributed by atoms with Gasteiger partial charge in [-0.1, -0.05) is 12.1 Å². The van der Waals surface area contributed by atoms with Gasteiger partial charge in [0.05, 0.1) is 11.3 Å². The van der Waals surface area contributed by atoms with E-state index in [0.717, 1.165) is 11.3 Å². The van der Waals surface area contributed by atoms with Crippen LogP contribution in [-0.2, 0) is 0 Å². The number of carbonyl (C=O) groups excluding carboxylic acids is 1. The molecule has 3 rings (SSSR count). The number of alkyl halides is 2. The zero-order valence-electron chi connectivity index (χ0n) is 12.4. The lowest BCUT2D eigenvalue weighted by Crippen LogP contribution is -2.13. The molecule has 0 spiro atoms. The lowest BCUT2D eigenvalue weighted by molar-refractivity contribution is 0.102. The van der Waals surface area contributed by atoms with Crippen molar-refractivity contribution in [3.8, 4) is 11.3 Å². The van der Waals surface area contributed by atoms with Crippen molar-refractivity contribution in [2.24, 2.45) is 0 Å². The molecule has 9 heteroatoms. The van der Waals surface area contributed by atoms with Gasteiger partial charge in [0.15, 0.2) is 5.13 Å². The number of nitrogens with zero attached hydrogens (tertiary/aromatic N) is 2. The van der Waals surface area contributed by atoms with Crippen LogP contribution in [-0.4, -0.2) is 21.6 Å². The van der Waals surface area contributed by atoms with E-state index in [4.69, 9.17) is 0 Å². The van der Waals surface area contributed by atoms with Crippen molar-refractivity contribution in [2.75, 3.05) is 5.32 Å². The lowest BCUT2D eigenvalue weighted by Gasteiger charge is -2.06. The van der Waals surface area contributed by atoms with Crippen molar-refractivity contribution in [2.45, 2.75) is 10.8 Å². The molecule has 2 aromatic heterocycles. The van der Waals surface area contributed by atoms with Gasteiger partial charge in [-0.15, -0.1) is 11.3 Å². The van der Waals surface area contributed by atoms with Gasteiger partial charge in [0.2, 0.25) is 0 Å². The molecule has 0 atom stereocenters. The van der Waals surface area contributed by atoms with Gasteiger partial charge in [0, 0.05) is 17.1 Å². The Hall–Kier alpha value is -2.39. The van der Waals surface area contributed by atoms with Crippen molar-refractivity contribution in [1.82, 2.24) is 9.97 Å². The zero-order valence-corrected chi connectivity index (χ0v) is 14.1. The predicted molar refractivity (Wildman–Crippen MR) is 91.6 cm³/mol. The third-order valence-corrected chi connectivity index (χ3v) is 4.55. The minimum absolute atomic E-state index is 0.0373. The molecule has 0 unspecified atom stereocenters. The number of benzene rings is 1. The van der Waals surface area contributed by atoms with E-state index >= 15 is 0 Å². The molecular formula is C16H10F3N3OS2. The number of halogens is 3. The molecule has 3 aromatic rings. The summed E-state index contributed by atoms with van der Waals surface area (Å²) in [5.74, 6) is -3.66. The molecule has 0 aliphatic heterocycles. The SMILES string of the molecule is O=C(Nc1nc(-c2cccc(F)c2)cs1)c1cccnc1SC(F)F. The molecule has 1 N–H and O–H groups in total. The highest BCUT2D eigenvalue weighted by Gasteiger charge is 2.18. The summed E-state index contributed by atoms with van der Waals surface area (Å²) >= 11 is 1.36. The van der Waals surface area contributed by atoms with Gasteiger partial charge in [-0.3, -0.25) is 10.1 Å². The molecule has 0 aliphatic carbocycles. The van der Waals surface area contributed by atoms with E-state index in [1.54, 1.807) is 17.5 Å². The Kier molecular flexibility index (Phi) is 5.34. The summed E-state index contributed by atoms with van der Waals surface area (Å²) in [5, 5.41) is 4.44. The van der Waals surface area contributed by atoms with Crippen LogP contribution in [0.15, 0.2) is 53.0 Å². The maximum atomic E-state index is 13.3. The maximum absolute atomic E-state index is 13.3. The number of carbonyl (C=O) groups is 1. The molecule has 0 bridgehead atoms. The monoisotopic (exact) mass is 381 g/mol. The Morgan fingerprint density at radius 2 is 2.08 bits per heavy atom. The Balaban J connectivity index is 1.79. The van der Waals surface area contributed by atoms with E-state index < -0.39 is 11.7 Å². The number of amides is 1. The van der Waals surface area contributed by atoms with Gasteiger partial charge in [0.1, 0.15) is 10.8 Å². The highest BCUT2D eigenvalue weighted by Crippen LogP contribution is 2.28. The lowest BCUT2D eigenvalue weighted by atomic mass is 10.2. The first-order chi connectivity index (χ1) is 12.0. The molecule has 0 saturated heterocycles.